The van der Waals surface area contributed by atoms with Gasteiger partial charge in [0.15, 0.2) is 0 Å². The van der Waals surface area contributed by atoms with Gasteiger partial charge in [0.25, 0.3) is 15.2 Å². The first-order chi connectivity index (χ1) is 12.3. The number of benzene rings is 2. The van der Waals surface area contributed by atoms with Crippen molar-refractivity contribution in [2.45, 2.75) is 15.8 Å². The van der Waals surface area contributed by atoms with Gasteiger partial charge >= 0.3 is 0 Å². The molecule has 0 atom stereocenters. The molecule has 0 amide bonds. The summed E-state index contributed by atoms with van der Waals surface area (Å²) in [5.74, 6) is -0.270. The molecule has 0 radical (unpaired) electrons. The van der Waals surface area contributed by atoms with Crippen LogP contribution in [0.15, 0.2) is 64.6 Å². The first-order valence-corrected chi connectivity index (χ1v) is 11.4. The van der Waals surface area contributed by atoms with E-state index >= 15 is 0 Å². The fourth-order valence-electron chi connectivity index (χ4n) is 2.02. The Kier molecular flexibility index (Phi) is 5.28. The Hall–Kier alpha value is -2.01. The maximum Gasteiger partial charge on any atom is 0.263 e. The normalized spacial score (nSPS) is 12.0. The van der Waals surface area contributed by atoms with Gasteiger partial charge in [-0.3, -0.25) is 4.72 Å². The summed E-state index contributed by atoms with van der Waals surface area (Å²) in [6, 6.07) is 14.1. The van der Waals surface area contributed by atoms with Gasteiger partial charge in [-0.25, -0.2) is 16.8 Å². The van der Waals surface area contributed by atoms with Crippen LogP contribution in [0.3, 0.4) is 0 Å². The molecule has 0 spiro atoms. The summed E-state index contributed by atoms with van der Waals surface area (Å²) >= 11 is 6.39. The highest BCUT2D eigenvalue weighted by Crippen LogP contribution is 2.22. The standard InChI is InChI=1S/C15H12ClN3O4S3/c16-12-6-8-13(9-7-12)26(22,23)19-14-17-15(18-24-14)25(20,21)10-11-4-2-1-3-5-11/h1-9H,10H2,(H,17,18,19). The van der Waals surface area contributed by atoms with Crippen molar-refractivity contribution in [2.75, 3.05) is 4.72 Å². The monoisotopic (exact) mass is 429 g/mol. The molecular weight excluding hydrogens is 418 g/mol. The average molecular weight is 430 g/mol. The smallest absolute Gasteiger partial charge is 0.253 e. The lowest BCUT2D eigenvalue weighted by Gasteiger charge is -2.04. The van der Waals surface area contributed by atoms with Gasteiger partial charge in [0.1, 0.15) is 0 Å². The third-order valence-electron chi connectivity index (χ3n) is 3.23. The molecule has 11 heteroatoms. The van der Waals surface area contributed by atoms with Crippen molar-refractivity contribution in [1.82, 2.24) is 9.36 Å². The number of hydrogen-bond acceptors (Lipinski definition) is 7. The van der Waals surface area contributed by atoms with Crippen molar-refractivity contribution in [3.8, 4) is 0 Å². The minimum Gasteiger partial charge on any atom is -0.253 e. The summed E-state index contributed by atoms with van der Waals surface area (Å²) in [6.07, 6.45) is 0. The van der Waals surface area contributed by atoms with E-state index < -0.39 is 25.0 Å². The molecule has 0 aliphatic heterocycles. The SMILES string of the molecule is O=S(=O)(Cc1ccccc1)c1nsc(NS(=O)(=O)c2ccc(Cl)cc2)n1. The summed E-state index contributed by atoms with van der Waals surface area (Å²) in [6.45, 7) is 0. The van der Waals surface area contributed by atoms with Crippen molar-refractivity contribution in [3.63, 3.8) is 0 Å². The van der Waals surface area contributed by atoms with Gasteiger partial charge < -0.3 is 0 Å². The molecule has 3 aromatic rings. The topological polar surface area (TPSA) is 106 Å². The predicted molar refractivity (Wildman–Crippen MR) is 99.5 cm³/mol. The lowest BCUT2D eigenvalue weighted by atomic mass is 10.2. The number of sulfonamides is 1. The highest BCUT2D eigenvalue weighted by atomic mass is 35.5. The number of rotatable bonds is 6. The second-order valence-electron chi connectivity index (χ2n) is 5.19. The number of aromatic nitrogens is 2. The van der Waals surface area contributed by atoms with E-state index in [4.69, 9.17) is 11.6 Å². The van der Waals surface area contributed by atoms with Gasteiger partial charge in [0, 0.05) is 16.6 Å². The van der Waals surface area contributed by atoms with E-state index in [1.54, 1.807) is 30.3 Å². The fraction of sp³-hybridized carbons (Fsp3) is 0.0667. The largest absolute Gasteiger partial charge is 0.263 e. The molecule has 1 heterocycles. The van der Waals surface area contributed by atoms with Crippen LogP contribution in [0.25, 0.3) is 0 Å². The third kappa shape index (κ3) is 4.39. The second-order valence-corrected chi connectivity index (χ2v) is 9.94. The van der Waals surface area contributed by atoms with E-state index in [-0.39, 0.29) is 15.8 Å². The Morgan fingerprint density at radius 3 is 2.27 bits per heavy atom. The lowest BCUT2D eigenvalue weighted by Crippen LogP contribution is -2.13. The predicted octanol–water partition coefficient (Wildman–Crippen LogP) is 2.97. The molecule has 2 aromatic carbocycles. The molecule has 0 aliphatic carbocycles. The van der Waals surface area contributed by atoms with Gasteiger partial charge in [-0.1, -0.05) is 41.9 Å². The highest BCUT2D eigenvalue weighted by molar-refractivity contribution is 7.93. The first kappa shape index (κ1) is 18.8. The zero-order valence-corrected chi connectivity index (χ0v) is 16.2. The third-order valence-corrected chi connectivity index (χ3v) is 7.17. The molecule has 0 bridgehead atoms. The quantitative estimate of drug-likeness (QED) is 0.645. The summed E-state index contributed by atoms with van der Waals surface area (Å²) in [5, 5.41) is -0.152. The first-order valence-electron chi connectivity index (χ1n) is 7.15. The molecule has 0 saturated heterocycles. The zero-order chi connectivity index (χ0) is 18.8. The van der Waals surface area contributed by atoms with Gasteiger partial charge in [-0.15, -0.1) is 0 Å². The minimum absolute atomic E-state index is 0.0224. The number of anilines is 1. The fourth-order valence-corrected chi connectivity index (χ4v) is 5.46. The van der Waals surface area contributed by atoms with Crippen LogP contribution in [0.1, 0.15) is 5.56 Å². The molecule has 0 saturated carbocycles. The molecule has 1 aromatic heterocycles. The summed E-state index contributed by atoms with van der Waals surface area (Å²) in [7, 11) is -7.70. The maximum atomic E-state index is 12.4. The van der Waals surface area contributed by atoms with Crippen molar-refractivity contribution in [3.05, 3.63) is 65.2 Å². The molecule has 3 rings (SSSR count). The molecule has 0 fully saturated rings. The number of halogens is 1. The van der Waals surface area contributed by atoms with Crippen LogP contribution in [0.2, 0.25) is 5.02 Å². The summed E-state index contributed by atoms with van der Waals surface area (Å²) in [4.78, 5) is 3.79. The minimum atomic E-state index is -3.92. The summed E-state index contributed by atoms with van der Waals surface area (Å²) < 4.78 is 55.3. The van der Waals surface area contributed by atoms with Crippen molar-refractivity contribution in [2.24, 2.45) is 0 Å². The molecule has 136 valence electrons. The molecule has 0 unspecified atom stereocenters. The highest BCUT2D eigenvalue weighted by Gasteiger charge is 2.23. The molecule has 7 nitrogen and oxygen atoms in total. The van der Waals surface area contributed by atoms with Gasteiger partial charge in [0.2, 0.25) is 15.0 Å². The van der Waals surface area contributed by atoms with E-state index in [1.807, 2.05) is 0 Å². The van der Waals surface area contributed by atoms with Gasteiger partial charge in [0.05, 0.1) is 10.6 Å². The Bertz CT molecular complexity index is 1110. The van der Waals surface area contributed by atoms with Crippen molar-refractivity contribution >= 4 is 48.1 Å². The van der Waals surface area contributed by atoms with Crippen LogP contribution in [0, 0.1) is 0 Å². The van der Waals surface area contributed by atoms with Gasteiger partial charge in [-0.2, -0.15) is 9.36 Å². The van der Waals surface area contributed by atoms with Crippen LogP contribution in [-0.2, 0) is 25.6 Å². The Labute approximate surface area is 159 Å². The van der Waals surface area contributed by atoms with Gasteiger partial charge in [-0.05, 0) is 29.8 Å². The molecule has 26 heavy (non-hydrogen) atoms. The van der Waals surface area contributed by atoms with E-state index in [0.717, 1.165) is 0 Å². The van der Waals surface area contributed by atoms with Crippen LogP contribution < -0.4 is 4.72 Å². The van der Waals surface area contributed by atoms with E-state index in [0.29, 0.717) is 22.1 Å². The number of nitrogens with one attached hydrogen (secondary N) is 1. The maximum absolute atomic E-state index is 12.4. The summed E-state index contributed by atoms with van der Waals surface area (Å²) in [5.41, 5.74) is 0.589. The van der Waals surface area contributed by atoms with E-state index in [1.165, 1.54) is 24.3 Å². The average Bonchev–Trinajstić information content (AvgIpc) is 3.04. The van der Waals surface area contributed by atoms with Crippen molar-refractivity contribution in [1.29, 1.82) is 0 Å². The molecule has 0 aliphatic rings. The van der Waals surface area contributed by atoms with Crippen LogP contribution in [0.5, 0.6) is 0 Å². The molecule has 1 N–H and O–H groups in total. The number of sulfone groups is 1. The van der Waals surface area contributed by atoms with E-state index in [9.17, 15) is 16.8 Å². The Balaban J connectivity index is 1.80. The van der Waals surface area contributed by atoms with Crippen LogP contribution in [-0.4, -0.2) is 26.2 Å². The Morgan fingerprint density at radius 1 is 0.962 bits per heavy atom. The second kappa shape index (κ2) is 7.31. The molecular formula is C15H12ClN3O4S3. The van der Waals surface area contributed by atoms with E-state index in [2.05, 4.69) is 14.1 Å². The Morgan fingerprint density at radius 2 is 1.62 bits per heavy atom. The number of hydrogen-bond donors (Lipinski definition) is 1. The van der Waals surface area contributed by atoms with Crippen LogP contribution in [0.4, 0.5) is 5.13 Å². The number of nitrogens with zero attached hydrogens (tertiary/aromatic N) is 2. The van der Waals surface area contributed by atoms with Crippen LogP contribution >= 0.6 is 23.1 Å². The van der Waals surface area contributed by atoms with Crippen molar-refractivity contribution < 1.29 is 16.8 Å². The lowest BCUT2D eigenvalue weighted by molar-refractivity contribution is 0.588. The zero-order valence-electron chi connectivity index (χ0n) is 13.0.